The van der Waals surface area contributed by atoms with Crippen molar-refractivity contribution in [2.75, 3.05) is 13.2 Å². The predicted octanol–water partition coefficient (Wildman–Crippen LogP) is 9.30. The van der Waals surface area contributed by atoms with Crippen molar-refractivity contribution in [3.8, 4) is 5.75 Å². The molecule has 5 atom stereocenters. The molecule has 2 fully saturated rings. The van der Waals surface area contributed by atoms with E-state index in [-0.39, 0.29) is 19.8 Å². The first-order valence-electron chi connectivity index (χ1n) is 17.5. The highest BCUT2D eigenvalue weighted by molar-refractivity contribution is 6.31. The Morgan fingerprint density at radius 1 is 0.692 bits per heavy atom. The number of rotatable bonds is 15. The van der Waals surface area contributed by atoms with Crippen LogP contribution in [0, 0.1) is 0 Å². The van der Waals surface area contributed by atoms with E-state index in [1.807, 2.05) is 128 Å². The fraction of sp³-hybridized carbons (Fsp3) is 0.302. The van der Waals surface area contributed by atoms with Gasteiger partial charge in [0.2, 0.25) is 5.79 Å². The summed E-state index contributed by atoms with van der Waals surface area (Å²) in [6, 6.07) is 41.8. The minimum absolute atomic E-state index is 0.0557. The average molecular weight is 727 g/mol. The molecule has 7 rings (SSSR count). The standard InChI is InChI=1S/C43H41ClF2O6/c1-2-47-36-21-18-30(19-22-36)24-34-25-35(20-23-37(34)44)43-40(50-28-33-16-10-5-11-17-33)38(48-26-31-12-6-3-7-13-31)39(42(52-43,29-51-43)41(45)46)49-27-32-14-8-4-9-15-32/h3-23,25,38-41H,2,24,26-29H2,1H3/t38-,39-,40+,42-,43-/m0/s1. The van der Waals surface area contributed by atoms with Gasteiger partial charge in [0, 0.05) is 10.6 Å². The molecule has 2 aliphatic rings. The van der Waals surface area contributed by atoms with Crippen LogP contribution in [0.15, 0.2) is 133 Å². The lowest BCUT2D eigenvalue weighted by molar-refractivity contribution is -0.363. The number of hydrogen-bond acceptors (Lipinski definition) is 6. The molecule has 52 heavy (non-hydrogen) atoms. The molecular weight excluding hydrogens is 686 g/mol. The van der Waals surface area contributed by atoms with Crippen molar-refractivity contribution in [2.24, 2.45) is 0 Å². The molecule has 0 spiro atoms. The van der Waals surface area contributed by atoms with E-state index in [2.05, 4.69) is 0 Å². The Bertz CT molecular complexity index is 1880. The maximum atomic E-state index is 15.7. The van der Waals surface area contributed by atoms with Crippen molar-refractivity contribution in [3.05, 3.63) is 172 Å². The molecule has 0 N–H and O–H groups in total. The lowest BCUT2D eigenvalue weighted by Gasteiger charge is -2.50. The van der Waals surface area contributed by atoms with Crippen molar-refractivity contribution in [1.82, 2.24) is 0 Å². The highest BCUT2D eigenvalue weighted by atomic mass is 35.5. The highest BCUT2D eigenvalue weighted by Crippen LogP contribution is 2.55. The van der Waals surface area contributed by atoms with Crippen LogP contribution in [0.3, 0.4) is 0 Å². The normalized spacial score (nSPS) is 23.9. The molecule has 0 radical (unpaired) electrons. The van der Waals surface area contributed by atoms with E-state index in [1.165, 1.54) is 0 Å². The Morgan fingerprint density at radius 3 is 1.81 bits per heavy atom. The summed E-state index contributed by atoms with van der Waals surface area (Å²) in [7, 11) is 0. The molecule has 0 aliphatic carbocycles. The SMILES string of the molecule is CCOc1ccc(Cc2cc([C@]34OC[C@](C(F)F)(O3)[C@@H](OCc3ccccc3)[C@H](OCc3ccccc3)[C@H]4OCc3ccccc3)ccc2Cl)cc1. The van der Waals surface area contributed by atoms with E-state index in [0.29, 0.717) is 23.6 Å². The van der Waals surface area contributed by atoms with Gasteiger partial charge in [0.15, 0.2) is 5.60 Å². The molecule has 5 aromatic rings. The van der Waals surface area contributed by atoms with Crippen molar-refractivity contribution < 1.29 is 37.2 Å². The Hall–Kier alpha value is -4.15. The van der Waals surface area contributed by atoms with Gasteiger partial charge in [0.1, 0.15) is 24.1 Å². The molecule has 2 bridgehead atoms. The van der Waals surface area contributed by atoms with Crippen LogP contribution >= 0.6 is 11.6 Å². The molecule has 2 saturated heterocycles. The monoisotopic (exact) mass is 726 g/mol. The molecule has 5 aromatic carbocycles. The summed E-state index contributed by atoms with van der Waals surface area (Å²) in [5, 5.41) is 0.519. The summed E-state index contributed by atoms with van der Waals surface area (Å²) >= 11 is 6.79. The minimum Gasteiger partial charge on any atom is -0.494 e. The molecule has 0 aromatic heterocycles. The van der Waals surface area contributed by atoms with Gasteiger partial charge in [-0.3, -0.25) is 0 Å². The molecule has 6 nitrogen and oxygen atoms in total. The summed E-state index contributed by atoms with van der Waals surface area (Å²) in [5.74, 6) is -1.01. The third-order valence-electron chi connectivity index (χ3n) is 9.58. The van der Waals surface area contributed by atoms with Crippen molar-refractivity contribution >= 4 is 11.6 Å². The molecular formula is C43H41ClF2O6. The maximum absolute atomic E-state index is 15.7. The second-order valence-electron chi connectivity index (χ2n) is 13.1. The highest BCUT2D eigenvalue weighted by Gasteiger charge is 2.72. The van der Waals surface area contributed by atoms with Crippen LogP contribution in [0.2, 0.25) is 5.02 Å². The largest absolute Gasteiger partial charge is 0.494 e. The summed E-state index contributed by atoms with van der Waals surface area (Å²) < 4.78 is 70.0. The third kappa shape index (κ3) is 7.64. The number of benzene rings is 5. The Kier molecular flexibility index (Phi) is 11.3. The smallest absolute Gasteiger partial charge is 0.272 e. The maximum Gasteiger partial charge on any atom is 0.272 e. The van der Waals surface area contributed by atoms with E-state index in [4.69, 9.17) is 40.0 Å². The fourth-order valence-electron chi connectivity index (χ4n) is 6.95. The van der Waals surface area contributed by atoms with E-state index in [0.717, 1.165) is 33.6 Å². The quantitative estimate of drug-likeness (QED) is 0.107. The third-order valence-corrected chi connectivity index (χ3v) is 9.95. The van der Waals surface area contributed by atoms with Crippen molar-refractivity contribution in [2.45, 2.75) is 69.3 Å². The van der Waals surface area contributed by atoms with E-state index < -0.39 is 42.7 Å². The minimum atomic E-state index is -2.98. The second kappa shape index (κ2) is 16.3. The van der Waals surface area contributed by atoms with Gasteiger partial charge in [-0.05, 0) is 65.4 Å². The number of fused-ring (bicyclic) bond motifs is 2. The molecule has 270 valence electrons. The zero-order chi connectivity index (χ0) is 36.0. The zero-order valence-electron chi connectivity index (χ0n) is 28.8. The van der Waals surface area contributed by atoms with Crippen LogP contribution in [-0.2, 0) is 55.7 Å². The number of halogens is 3. The predicted molar refractivity (Wildman–Crippen MR) is 194 cm³/mol. The molecule has 0 amide bonds. The first kappa shape index (κ1) is 36.2. The first-order chi connectivity index (χ1) is 25.4. The van der Waals surface area contributed by atoms with E-state index in [9.17, 15) is 0 Å². The van der Waals surface area contributed by atoms with Gasteiger partial charge in [0.05, 0.1) is 33.0 Å². The topological polar surface area (TPSA) is 55.4 Å². The van der Waals surface area contributed by atoms with Crippen molar-refractivity contribution in [3.63, 3.8) is 0 Å². The van der Waals surface area contributed by atoms with Crippen molar-refractivity contribution in [1.29, 1.82) is 0 Å². The molecule has 2 heterocycles. The summed E-state index contributed by atoms with van der Waals surface area (Å²) in [6.07, 6.45) is -5.84. The lowest BCUT2D eigenvalue weighted by Crippen LogP contribution is -2.68. The Labute approximate surface area is 308 Å². The Morgan fingerprint density at radius 2 is 1.25 bits per heavy atom. The lowest BCUT2D eigenvalue weighted by atomic mass is 9.82. The molecule has 0 unspecified atom stereocenters. The van der Waals surface area contributed by atoms with Crippen LogP contribution in [-0.4, -0.2) is 43.6 Å². The van der Waals surface area contributed by atoms with Gasteiger partial charge in [-0.15, -0.1) is 0 Å². The van der Waals surface area contributed by atoms with Gasteiger partial charge in [-0.2, -0.15) is 0 Å². The van der Waals surface area contributed by atoms with Crippen LogP contribution in [0.5, 0.6) is 5.75 Å². The van der Waals surface area contributed by atoms with E-state index >= 15 is 8.78 Å². The second-order valence-corrected chi connectivity index (χ2v) is 13.5. The Balaban J connectivity index is 1.30. The van der Waals surface area contributed by atoms with Gasteiger partial charge >= 0.3 is 0 Å². The van der Waals surface area contributed by atoms with Gasteiger partial charge < -0.3 is 28.4 Å². The molecule has 0 saturated carbocycles. The number of ether oxygens (including phenoxy) is 6. The van der Waals surface area contributed by atoms with Gasteiger partial charge in [-0.1, -0.05) is 121 Å². The van der Waals surface area contributed by atoms with Crippen LogP contribution < -0.4 is 4.74 Å². The summed E-state index contributed by atoms with van der Waals surface area (Å²) in [4.78, 5) is 0. The number of hydrogen-bond donors (Lipinski definition) is 0. The number of alkyl halides is 2. The zero-order valence-corrected chi connectivity index (χ0v) is 29.6. The summed E-state index contributed by atoms with van der Waals surface area (Å²) in [6.45, 7) is 2.38. The van der Waals surface area contributed by atoms with Crippen LogP contribution in [0.25, 0.3) is 0 Å². The van der Waals surface area contributed by atoms with Gasteiger partial charge in [0.25, 0.3) is 6.43 Å². The molecule has 2 aliphatic heterocycles. The van der Waals surface area contributed by atoms with Crippen LogP contribution in [0.1, 0.15) is 40.3 Å². The fourth-order valence-corrected chi connectivity index (χ4v) is 7.14. The van der Waals surface area contributed by atoms with Gasteiger partial charge in [-0.25, -0.2) is 8.78 Å². The summed E-state index contributed by atoms with van der Waals surface area (Å²) in [5.41, 5.74) is 2.67. The molecule has 9 heteroatoms. The average Bonchev–Trinajstić information content (AvgIpc) is 3.55. The first-order valence-corrected chi connectivity index (χ1v) is 17.9. The van der Waals surface area contributed by atoms with Crippen LogP contribution in [0.4, 0.5) is 8.78 Å². The van der Waals surface area contributed by atoms with E-state index in [1.54, 1.807) is 12.1 Å².